The maximum absolute atomic E-state index is 10.3. The van der Waals surface area contributed by atoms with Crippen LogP contribution in [0.5, 0.6) is 5.75 Å². The third-order valence-corrected chi connectivity index (χ3v) is 2.18. The van der Waals surface area contributed by atoms with Gasteiger partial charge in [0.1, 0.15) is 11.3 Å². The second kappa shape index (κ2) is 4.06. The van der Waals surface area contributed by atoms with Crippen molar-refractivity contribution in [2.24, 2.45) is 0 Å². The number of aromatic nitrogens is 2. The fraction of sp³-hybridized carbons (Fsp3) is 0.0909. The number of H-pyrrole nitrogens is 1. The number of fused-ring (bicyclic) bond motifs is 1. The Labute approximate surface area is 91.3 Å². The van der Waals surface area contributed by atoms with Crippen LogP contribution in [-0.2, 0) is 4.79 Å². The van der Waals surface area contributed by atoms with Crippen molar-refractivity contribution in [3.63, 3.8) is 0 Å². The fourth-order valence-corrected chi connectivity index (χ4v) is 1.47. The lowest BCUT2D eigenvalue weighted by molar-refractivity contribution is -0.297. The van der Waals surface area contributed by atoms with Gasteiger partial charge in [-0.2, -0.15) is 5.10 Å². The van der Waals surface area contributed by atoms with E-state index in [0.717, 1.165) is 11.5 Å². The van der Waals surface area contributed by atoms with Gasteiger partial charge in [0.2, 0.25) is 0 Å². The minimum atomic E-state index is -1.24. The van der Waals surface area contributed by atoms with Crippen LogP contribution in [0.4, 0.5) is 0 Å². The molecule has 1 heterocycles. The predicted octanol–water partition coefficient (Wildman–Crippen LogP) is 0.335. The topological polar surface area (TPSA) is 78.0 Å². The number of rotatable bonds is 3. The lowest BCUT2D eigenvalue weighted by Gasteiger charge is -1.98. The summed E-state index contributed by atoms with van der Waals surface area (Å²) in [5.74, 6) is -0.604. The number of ether oxygens (including phenoxy) is 1. The first-order valence-corrected chi connectivity index (χ1v) is 4.62. The summed E-state index contributed by atoms with van der Waals surface area (Å²) in [7, 11) is 1.56. The molecule has 2 rings (SSSR count). The molecule has 5 heteroatoms. The van der Waals surface area contributed by atoms with E-state index >= 15 is 0 Å². The van der Waals surface area contributed by atoms with Crippen molar-refractivity contribution in [2.75, 3.05) is 7.11 Å². The Hall–Kier alpha value is -2.30. The van der Waals surface area contributed by atoms with Gasteiger partial charge < -0.3 is 14.6 Å². The molecule has 0 radical (unpaired) electrons. The van der Waals surface area contributed by atoms with Gasteiger partial charge in [-0.25, -0.2) is 0 Å². The van der Waals surface area contributed by atoms with Crippen LogP contribution < -0.4 is 9.84 Å². The van der Waals surface area contributed by atoms with Crippen LogP contribution in [-0.4, -0.2) is 23.3 Å². The molecule has 0 amide bonds. The highest BCUT2D eigenvalue weighted by molar-refractivity contribution is 5.93. The van der Waals surface area contributed by atoms with Gasteiger partial charge in [0.05, 0.1) is 18.8 Å². The maximum Gasteiger partial charge on any atom is 0.146 e. The predicted molar refractivity (Wildman–Crippen MR) is 56.7 cm³/mol. The second-order valence-corrected chi connectivity index (χ2v) is 3.15. The zero-order valence-electron chi connectivity index (χ0n) is 8.56. The smallest absolute Gasteiger partial charge is 0.146 e. The zero-order valence-corrected chi connectivity index (χ0v) is 8.56. The number of carboxylic acids is 1. The van der Waals surface area contributed by atoms with Crippen molar-refractivity contribution < 1.29 is 14.6 Å². The van der Waals surface area contributed by atoms with Crippen molar-refractivity contribution in [2.45, 2.75) is 0 Å². The first-order chi connectivity index (χ1) is 7.72. The standard InChI is InChI=1S/C11H10N2O3/c1-16-9-4-2-3-7-8(5-6-10(14)15)12-13-11(7)9/h2-6H,1H3,(H,12,13)(H,14,15)/p-1/b6-5+. The number of carbonyl (C=O) groups excluding carboxylic acids is 1. The van der Waals surface area contributed by atoms with E-state index < -0.39 is 5.97 Å². The van der Waals surface area contributed by atoms with Crippen molar-refractivity contribution in [1.82, 2.24) is 10.2 Å². The number of carboxylic acid groups (broad SMARTS) is 1. The monoisotopic (exact) mass is 217 g/mol. The van der Waals surface area contributed by atoms with E-state index in [2.05, 4.69) is 10.2 Å². The Morgan fingerprint density at radius 2 is 2.38 bits per heavy atom. The number of aromatic amines is 1. The lowest BCUT2D eigenvalue weighted by Crippen LogP contribution is -2.18. The van der Waals surface area contributed by atoms with E-state index in [0.29, 0.717) is 17.0 Å². The Kier molecular flexibility index (Phi) is 2.59. The van der Waals surface area contributed by atoms with Crippen LogP contribution in [0.15, 0.2) is 24.3 Å². The molecule has 0 aliphatic rings. The maximum atomic E-state index is 10.3. The van der Waals surface area contributed by atoms with Crippen LogP contribution in [0.3, 0.4) is 0 Å². The van der Waals surface area contributed by atoms with E-state index in [1.54, 1.807) is 13.2 Å². The van der Waals surface area contributed by atoms with Crippen LogP contribution in [0.1, 0.15) is 5.69 Å². The van der Waals surface area contributed by atoms with E-state index in [-0.39, 0.29) is 0 Å². The highest BCUT2D eigenvalue weighted by Crippen LogP contribution is 2.25. The van der Waals surface area contributed by atoms with Crippen LogP contribution >= 0.6 is 0 Å². The Morgan fingerprint density at radius 3 is 3.06 bits per heavy atom. The summed E-state index contributed by atoms with van der Waals surface area (Å²) in [6, 6.07) is 5.43. The molecule has 82 valence electrons. The minimum absolute atomic E-state index is 0.609. The molecule has 1 aromatic heterocycles. The van der Waals surface area contributed by atoms with Crippen molar-refractivity contribution in [1.29, 1.82) is 0 Å². The van der Waals surface area contributed by atoms with Crippen molar-refractivity contribution in [3.05, 3.63) is 30.0 Å². The van der Waals surface area contributed by atoms with E-state index in [1.165, 1.54) is 6.08 Å². The number of benzene rings is 1. The summed E-state index contributed by atoms with van der Waals surface area (Å²) in [6.45, 7) is 0. The number of aliphatic carboxylic acids is 1. The minimum Gasteiger partial charge on any atom is -0.545 e. The molecule has 0 unspecified atom stereocenters. The largest absolute Gasteiger partial charge is 0.545 e. The van der Waals surface area contributed by atoms with Gasteiger partial charge in [-0.05, 0) is 18.2 Å². The summed E-state index contributed by atoms with van der Waals surface area (Å²) in [4.78, 5) is 10.3. The summed E-state index contributed by atoms with van der Waals surface area (Å²) in [5, 5.41) is 17.9. The first-order valence-electron chi connectivity index (χ1n) is 4.62. The fourth-order valence-electron chi connectivity index (χ4n) is 1.47. The van der Waals surface area contributed by atoms with Crippen LogP contribution in [0.2, 0.25) is 0 Å². The number of nitrogens with one attached hydrogen (secondary N) is 1. The molecule has 0 aliphatic heterocycles. The van der Waals surface area contributed by atoms with Gasteiger partial charge in [-0.3, -0.25) is 5.10 Å². The van der Waals surface area contributed by atoms with Gasteiger partial charge in [-0.15, -0.1) is 0 Å². The number of hydrogen-bond donors (Lipinski definition) is 1. The van der Waals surface area contributed by atoms with Gasteiger partial charge in [-0.1, -0.05) is 12.1 Å². The number of carbonyl (C=O) groups is 1. The molecule has 1 aromatic carbocycles. The highest BCUT2D eigenvalue weighted by Gasteiger charge is 2.06. The molecule has 0 bridgehead atoms. The number of methoxy groups -OCH3 is 1. The Bertz CT molecular complexity index is 557. The quantitative estimate of drug-likeness (QED) is 0.752. The molecule has 2 aromatic rings. The molecule has 0 aliphatic carbocycles. The molecule has 0 spiro atoms. The van der Waals surface area contributed by atoms with Gasteiger partial charge >= 0.3 is 0 Å². The number of nitrogens with zero attached hydrogens (tertiary/aromatic N) is 1. The normalized spacial score (nSPS) is 11.1. The molecular formula is C11H9N2O3-. The SMILES string of the molecule is COc1cccc2c(/C=C/C(=O)[O-])[nH]nc12. The summed E-state index contributed by atoms with van der Waals surface area (Å²) in [5.41, 5.74) is 1.28. The molecule has 0 saturated carbocycles. The third-order valence-electron chi connectivity index (χ3n) is 2.18. The average Bonchev–Trinajstić information content (AvgIpc) is 2.69. The van der Waals surface area contributed by atoms with Gasteiger partial charge in [0.15, 0.2) is 0 Å². The zero-order chi connectivity index (χ0) is 11.5. The second-order valence-electron chi connectivity index (χ2n) is 3.15. The van der Waals surface area contributed by atoms with E-state index in [4.69, 9.17) is 4.74 Å². The van der Waals surface area contributed by atoms with Gasteiger partial charge in [0, 0.05) is 5.39 Å². The lowest BCUT2D eigenvalue weighted by atomic mass is 10.2. The number of para-hydroxylation sites is 1. The summed E-state index contributed by atoms with van der Waals surface area (Å²) < 4.78 is 5.13. The molecule has 5 nitrogen and oxygen atoms in total. The van der Waals surface area contributed by atoms with Crippen LogP contribution in [0.25, 0.3) is 17.0 Å². The van der Waals surface area contributed by atoms with E-state index in [9.17, 15) is 9.90 Å². The molecule has 0 fully saturated rings. The average molecular weight is 217 g/mol. The molecule has 16 heavy (non-hydrogen) atoms. The summed E-state index contributed by atoms with van der Waals surface area (Å²) >= 11 is 0. The van der Waals surface area contributed by atoms with Gasteiger partial charge in [0.25, 0.3) is 0 Å². The molecular weight excluding hydrogens is 208 g/mol. The van der Waals surface area contributed by atoms with E-state index in [1.807, 2.05) is 12.1 Å². The van der Waals surface area contributed by atoms with Crippen molar-refractivity contribution in [3.8, 4) is 5.75 Å². The Balaban J connectivity index is 2.53. The molecule has 0 atom stereocenters. The van der Waals surface area contributed by atoms with Crippen LogP contribution in [0, 0.1) is 0 Å². The number of hydrogen-bond acceptors (Lipinski definition) is 4. The summed E-state index contributed by atoms with van der Waals surface area (Å²) in [6.07, 6.45) is 2.36. The Morgan fingerprint density at radius 1 is 1.56 bits per heavy atom. The highest BCUT2D eigenvalue weighted by atomic mass is 16.5. The molecule has 0 saturated heterocycles. The first kappa shape index (κ1) is 10.2. The molecule has 1 N–H and O–H groups in total. The third kappa shape index (κ3) is 1.75. The van der Waals surface area contributed by atoms with Crippen molar-refractivity contribution >= 4 is 22.9 Å².